The zero-order valence-electron chi connectivity index (χ0n) is 58.7. The standard InChI is InChI=1S/C46H59N5O9.C29H34N4O4.CH2Cl2/c1-28(2)40(48-44(56)58-5)42(54)50-23-7-8-36(50)35-26-34(27-47-35)32-11-9-30(10-12-32)31-13-15-33(16-14-31)38(52)17-18-39(53)37-19-20-46(21-24-60-25-22-46)51(37)43(55)41(29(3)4)49-45(57)59-6;1-18(2)27(32-29(36)37-3)28(35)33-14-4-5-25(33)24-15-23(17-31-24)21-8-6-19(7-9-21)20-10-12-22(13-11-20)26(34)16-30;2-1-3/h9-16,27-29,36-37,40-41H,7-8,17-26H2,1-6H3,(H,48,56)(H,49,57);6-13,17-18,25,27H,4-5,14-16,30H2,1-3H3,(H,32,36);1H2/t36-,37?,40-,41-;25-,27-;/m00./s1. The molecular weight excluding hydrogens is 1320 g/mol. The Kier molecular flexibility index (Phi) is 27.9. The third-order valence-electron chi connectivity index (χ3n) is 19.6. The summed E-state index contributed by atoms with van der Waals surface area (Å²) in [6, 6.07) is 28.2. The highest BCUT2D eigenvalue weighted by atomic mass is 35.5. The molecule has 100 heavy (non-hydrogen) atoms. The monoisotopic (exact) mass is 1410 g/mol. The van der Waals surface area contributed by atoms with Crippen LogP contribution in [0.25, 0.3) is 33.4 Å². The largest absolute Gasteiger partial charge is 0.453 e. The van der Waals surface area contributed by atoms with Crippen LogP contribution in [0.3, 0.4) is 0 Å². The van der Waals surface area contributed by atoms with Crippen molar-refractivity contribution in [1.29, 1.82) is 0 Å². The number of rotatable bonds is 22. The highest BCUT2D eigenvalue weighted by molar-refractivity contribution is 6.40. The maximum absolute atomic E-state index is 14.1. The molecule has 10 rings (SSSR count). The van der Waals surface area contributed by atoms with Crippen LogP contribution in [0.5, 0.6) is 0 Å². The number of ether oxygens (including phenoxy) is 4. The molecule has 0 bridgehead atoms. The van der Waals surface area contributed by atoms with Crippen LogP contribution in [0, 0.1) is 17.8 Å². The molecule has 4 saturated heterocycles. The molecule has 536 valence electrons. The molecule has 0 aliphatic carbocycles. The van der Waals surface area contributed by atoms with E-state index in [1.807, 2.05) is 112 Å². The molecule has 6 atom stereocenters. The number of amides is 6. The maximum atomic E-state index is 14.1. The SMILES string of the molecule is COC(=O)N[C@H](C(=O)N1CCC[C@H]1C1=NC=C(c2ccc(-c3ccc(C(=O)CCC(=O)C4CCC5(CCOCC5)N4C(=O)[C@@H](NC(=O)OC)C(C)C)cc3)cc2)C1)C(C)C.COC(=O)N[C@H](C(=O)N1CCC[C@H]1C1=NC=C(c2ccc(-c3ccc(C(=O)CN)cc3)cc2)C1)C(C)C.ClCCl. The number of likely N-dealkylation sites (tertiary alicyclic amines) is 3. The van der Waals surface area contributed by atoms with Gasteiger partial charge in [0.05, 0.1) is 51.3 Å². The molecule has 0 saturated carbocycles. The minimum atomic E-state index is -0.863. The van der Waals surface area contributed by atoms with E-state index in [2.05, 4.69) is 40.2 Å². The fourth-order valence-corrected chi connectivity index (χ4v) is 14.1. The Morgan fingerprint density at radius 2 is 0.880 bits per heavy atom. The van der Waals surface area contributed by atoms with Crippen LogP contribution in [0.15, 0.2) is 119 Å². The van der Waals surface area contributed by atoms with Gasteiger partial charge in [-0.2, -0.15) is 0 Å². The Morgan fingerprint density at radius 1 is 0.520 bits per heavy atom. The van der Waals surface area contributed by atoms with Gasteiger partial charge in [-0.25, -0.2) is 14.4 Å². The summed E-state index contributed by atoms with van der Waals surface area (Å²) in [7, 11) is 3.83. The number of nitrogens with one attached hydrogen (secondary N) is 3. The van der Waals surface area contributed by atoms with E-state index >= 15 is 0 Å². The summed E-state index contributed by atoms with van der Waals surface area (Å²) in [4.78, 5) is 131. The average molecular weight is 1410 g/mol. The van der Waals surface area contributed by atoms with Crippen molar-refractivity contribution < 1.29 is 62.1 Å². The maximum Gasteiger partial charge on any atom is 0.407 e. The number of aliphatic imine (C=N–C) groups is 2. The molecular formula is C76H95Cl2N9O13. The first-order chi connectivity index (χ1) is 48.0. The van der Waals surface area contributed by atoms with Crippen LogP contribution in [0.4, 0.5) is 14.4 Å². The van der Waals surface area contributed by atoms with Crippen LogP contribution in [-0.4, -0.2) is 181 Å². The van der Waals surface area contributed by atoms with Gasteiger partial charge in [-0.1, -0.05) is 139 Å². The lowest BCUT2D eigenvalue weighted by Crippen LogP contribution is -2.61. The molecule has 6 aliphatic heterocycles. The normalized spacial score (nSPS) is 19.2. The number of methoxy groups -OCH3 is 3. The van der Waals surface area contributed by atoms with Gasteiger partial charge in [0.1, 0.15) is 18.1 Å². The Hall–Kier alpha value is -8.57. The predicted molar refractivity (Wildman–Crippen MR) is 387 cm³/mol. The molecule has 6 amide bonds. The van der Waals surface area contributed by atoms with Gasteiger partial charge in [0.25, 0.3) is 0 Å². The Morgan fingerprint density at radius 3 is 1.25 bits per heavy atom. The lowest BCUT2D eigenvalue weighted by molar-refractivity contribution is -0.149. The second-order valence-corrected chi connectivity index (χ2v) is 27.7. The smallest absolute Gasteiger partial charge is 0.407 e. The number of nitrogens with zero attached hydrogens (tertiary/aromatic N) is 5. The van der Waals surface area contributed by atoms with Crippen LogP contribution in [0.2, 0.25) is 0 Å². The number of halogens is 2. The Labute approximate surface area is 596 Å². The summed E-state index contributed by atoms with van der Waals surface area (Å²) >= 11 is 9.53. The number of alkyl carbamates (subject to hydrolysis) is 3. The second kappa shape index (κ2) is 36.2. The number of carbonyl (C=O) groups excluding carboxylic acids is 9. The lowest BCUT2D eigenvalue weighted by atomic mass is 9.86. The minimum Gasteiger partial charge on any atom is -0.453 e. The van der Waals surface area contributed by atoms with Crippen molar-refractivity contribution in [3.8, 4) is 22.3 Å². The highest BCUT2D eigenvalue weighted by Crippen LogP contribution is 2.43. The van der Waals surface area contributed by atoms with Gasteiger partial charge in [-0.15, -0.1) is 23.2 Å². The topological polar surface area (TPSA) is 287 Å². The molecule has 5 N–H and O–H groups in total. The first kappa shape index (κ1) is 77.2. The molecule has 24 heteroatoms. The van der Waals surface area contributed by atoms with E-state index in [0.717, 1.165) is 81.6 Å². The van der Waals surface area contributed by atoms with Gasteiger partial charge < -0.3 is 55.3 Å². The molecule has 1 spiro atoms. The third-order valence-corrected chi connectivity index (χ3v) is 19.6. The predicted octanol–water partition coefficient (Wildman–Crippen LogP) is 11.8. The molecule has 6 heterocycles. The first-order valence-electron chi connectivity index (χ1n) is 34.4. The minimum absolute atomic E-state index is 0.00127. The molecule has 0 aromatic heterocycles. The van der Waals surface area contributed by atoms with Crippen LogP contribution >= 0.6 is 23.2 Å². The summed E-state index contributed by atoms with van der Waals surface area (Å²) in [6.45, 7) is 13.5. The van der Waals surface area contributed by atoms with Crippen molar-refractivity contribution in [3.05, 3.63) is 132 Å². The fourth-order valence-electron chi connectivity index (χ4n) is 14.1. The van der Waals surface area contributed by atoms with E-state index < -0.39 is 48.0 Å². The lowest BCUT2D eigenvalue weighted by Gasteiger charge is -2.45. The zero-order valence-corrected chi connectivity index (χ0v) is 60.2. The molecule has 1 unspecified atom stereocenters. The van der Waals surface area contributed by atoms with E-state index in [4.69, 9.17) is 57.9 Å². The van der Waals surface area contributed by atoms with Gasteiger partial charge in [0, 0.05) is 92.5 Å². The van der Waals surface area contributed by atoms with Crippen molar-refractivity contribution in [2.45, 2.75) is 160 Å². The van der Waals surface area contributed by atoms with Crippen molar-refractivity contribution in [2.75, 3.05) is 59.5 Å². The van der Waals surface area contributed by atoms with E-state index in [1.54, 1.807) is 29.2 Å². The summed E-state index contributed by atoms with van der Waals surface area (Å²) in [5.41, 5.74) is 16.2. The van der Waals surface area contributed by atoms with E-state index in [9.17, 15) is 43.2 Å². The summed E-state index contributed by atoms with van der Waals surface area (Å²) < 4.78 is 19.9. The van der Waals surface area contributed by atoms with Crippen molar-refractivity contribution in [2.24, 2.45) is 33.5 Å². The van der Waals surface area contributed by atoms with Crippen molar-refractivity contribution in [3.63, 3.8) is 0 Å². The van der Waals surface area contributed by atoms with Gasteiger partial charge in [-0.05, 0) is 114 Å². The first-order valence-corrected chi connectivity index (χ1v) is 35.5. The summed E-state index contributed by atoms with van der Waals surface area (Å²) in [5, 5.41) is 8.26. The quantitative estimate of drug-likeness (QED) is 0.0323. The number of allylic oxidation sites excluding steroid dienone is 2. The van der Waals surface area contributed by atoms with Crippen molar-refractivity contribution >= 4 is 99.1 Å². The second-order valence-electron chi connectivity index (χ2n) is 26.9. The number of hydrogen-bond acceptors (Lipinski definition) is 16. The van der Waals surface area contributed by atoms with E-state index in [0.29, 0.717) is 76.0 Å². The Balaban J connectivity index is 0.000000271. The van der Waals surface area contributed by atoms with Gasteiger partial charge >= 0.3 is 18.3 Å². The number of ketones is 3. The number of nitrogens with two attached hydrogens (primary N) is 1. The molecule has 0 radical (unpaired) electrons. The number of hydrogen-bond donors (Lipinski definition) is 4. The van der Waals surface area contributed by atoms with Crippen LogP contribution in [-0.2, 0) is 38.1 Å². The fraction of sp³-hybridized carbons (Fsp3) is 0.487. The molecule has 4 fully saturated rings. The molecule has 4 aromatic carbocycles. The van der Waals surface area contributed by atoms with Gasteiger partial charge in [0.2, 0.25) is 17.7 Å². The highest BCUT2D eigenvalue weighted by Gasteiger charge is 2.53. The average Bonchev–Trinajstić information content (AvgIpc) is 1.58. The van der Waals surface area contributed by atoms with Crippen LogP contribution < -0.4 is 21.7 Å². The molecule has 22 nitrogen and oxygen atoms in total. The third kappa shape index (κ3) is 18.9. The van der Waals surface area contributed by atoms with Crippen LogP contribution in [0.1, 0.15) is 150 Å². The Bertz CT molecular complexity index is 3700. The summed E-state index contributed by atoms with van der Waals surface area (Å²) in [6.07, 6.45) is 8.96. The van der Waals surface area contributed by atoms with E-state index in [-0.39, 0.29) is 89.6 Å². The van der Waals surface area contributed by atoms with Gasteiger partial charge in [-0.3, -0.25) is 38.8 Å². The molecule has 4 aromatic rings. The van der Waals surface area contributed by atoms with Gasteiger partial charge in [0.15, 0.2) is 17.3 Å². The number of alkyl halides is 2. The number of carbonyl (C=O) groups is 9. The summed E-state index contributed by atoms with van der Waals surface area (Å²) in [5.74, 6) is -1.33. The number of benzene rings is 4. The van der Waals surface area contributed by atoms with Crippen molar-refractivity contribution in [1.82, 2.24) is 30.7 Å². The van der Waals surface area contributed by atoms with E-state index in [1.165, 1.54) is 21.3 Å². The molecule has 6 aliphatic rings. The zero-order chi connectivity index (χ0) is 72.4. The number of Topliss-reactive ketones (excluding diaryl/α,β-unsaturated/α-hetero) is 3.